The quantitative estimate of drug-likeness (QED) is 0.615. The van der Waals surface area contributed by atoms with Gasteiger partial charge in [0, 0.05) is 31.6 Å². The molecule has 4 rings (SSSR count). The highest BCUT2D eigenvalue weighted by molar-refractivity contribution is 5.92. The van der Waals surface area contributed by atoms with E-state index in [2.05, 4.69) is 4.90 Å². The standard InChI is InChI=1S/C25H28N4O3/c1-16(2)14-22(31)25(32)29-12-10-28(11-13-29)24-18-9-8-17(3)15-20(18)26-23(27-24)19-6-4-5-7-21(19)30/h4-9,14-15,22,30-31H,10-13H2,1-3H3. The summed E-state index contributed by atoms with van der Waals surface area (Å²) in [5, 5.41) is 21.4. The van der Waals surface area contributed by atoms with Gasteiger partial charge in [-0.3, -0.25) is 4.79 Å². The highest BCUT2D eigenvalue weighted by Gasteiger charge is 2.27. The third kappa shape index (κ3) is 4.43. The molecule has 0 spiro atoms. The number of phenolic OH excluding ortho intramolecular Hbond substituents is 1. The van der Waals surface area contributed by atoms with Crippen LogP contribution >= 0.6 is 0 Å². The fourth-order valence-electron chi connectivity index (χ4n) is 3.96. The molecule has 2 N–H and O–H groups in total. The molecule has 1 aliphatic heterocycles. The van der Waals surface area contributed by atoms with Gasteiger partial charge in [-0.2, -0.15) is 0 Å². The Bertz CT molecular complexity index is 1180. The maximum absolute atomic E-state index is 12.6. The van der Waals surface area contributed by atoms with E-state index < -0.39 is 6.10 Å². The van der Waals surface area contributed by atoms with Gasteiger partial charge in [-0.1, -0.05) is 23.8 Å². The summed E-state index contributed by atoms with van der Waals surface area (Å²) >= 11 is 0. The molecule has 1 aromatic heterocycles. The SMILES string of the molecule is CC(C)=CC(O)C(=O)N1CCN(c2nc(-c3ccccc3O)nc3cc(C)ccc23)CC1. The molecule has 2 heterocycles. The van der Waals surface area contributed by atoms with E-state index in [0.29, 0.717) is 37.6 Å². The molecule has 166 valence electrons. The summed E-state index contributed by atoms with van der Waals surface area (Å²) in [6.07, 6.45) is 0.468. The van der Waals surface area contributed by atoms with Gasteiger partial charge >= 0.3 is 0 Å². The predicted molar refractivity (Wildman–Crippen MR) is 126 cm³/mol. The van der Waals surface area contributed by atoms with E-state index in [9.17, 15) is 15.0 Å². The van der Waals surface area contributed by atoms with E-state index in [4.69, 9.17) is 9.97 Å². The van der Waals surface area contributed by atoms with Crippen LogP contribution in [0.5, 0.6) is 5.75 Å². The smallest absolute Gasteiger partial charge is 0.255 e. The largest absolute Gasteiger partial charge is 0.507 e. The van der Waals surface area contributed by atoms with Gasteiger partial charge in [-0.25, -0.2) is 9.97 Å². The van der Waals surface area contributed by atoms with E-state index in [1.807, 2.05) is 45.0 Å². The highest BCUT2D eigenvalue weighted by atomic mass is 16.3. The number of aromatic hydroxyl groups is 1. The van der Waals surface area contributed by atoms with Crippen molar-refractivity contribution in [1.29, 1.82) is 0 Å². The number of aliphatic hydroxyl groups is 1. The van der Waals surface area contributed by atoms with E-state index in [-0.39, 0.29) is 11.7 Å². The summed E-state index contributed by atoms with van der Waals surface area (Å²) < 4.78 is 0. The number of carbonyl (C=O) groups is 1. The number of hydrogen-bond acceptors (Lipinski definition) is 6. The molecule has 7 nitrogen and oxygen atoms in total. The monoisotopic (exact) mass is 432 g/mol. The third-order valence-corrected chi connectivity index (χ3v) is 5.61. The summed E-state index contributed by atoms with van der Waals surface area (Å²) in [4.78, 5) is 25.9. The van der Waals surface area contributed by atoms with Crippen molar-refractivity contribution in [2.45, 2.75) is 26.9 Å². The van der Waals surface area contributed by atoms with E-state index in [1.54, 1.807) is 29.2 Å². The third-order valence-electron chi connectivity index (χ3n) is 5.61. The van der Waals surface area contributed by atoms with Crippen LogP contribution in [0.4, 0.5) is 5.82 Å². The maximum Gasteiger partial charge on any atom is 0.255 e. The number of benzene rings is 2. The van der Waals surface area contributed by atoms with Crippen molar-refractivity contribution < 1.29 is 15.0 Å². The molecule has 2 aromatic carbocycles. The number of rotatable bonds is 4. The lowest BCUT2D eigenvalue weighted by Gasteiger charge is -2.36. The van der Waals surface area contributed by atoms with Crippen LogP contribution in [0.3, 0.4) is 0 Å². The first kappa shape index (κ1) is 21.8. The Hall–Kier alpha value is -3.45. The second-order valence-electron chi connectivity index (χ2n) is 8.41. The first-order chi connectivity index (χ1) is 15.3. The number of anilines is 1. The van der Waals surface area contributed by atoms with Gasteiger partial charge in [0.1, 0.15) is 11.6 Å². The number of aryl methyl sites for hydroxylation is 1. The lowest BCUT2D eigenvalue weighted by molar-refractivity contribution is -0.138. The van der Waals surface area contributed by atoms with Gasteiger partial charge in [-0.15, -0.1) is 0 Å². The van der Waals surface area contributed by atoms with Crippen molar-refractivity contribution in [3.8, 4) is 17.1 Å². The molecule has 1 amide bonds. The molecule has 7 heteroatoms. The average Bonchev–Trinajstić information content (AvgIpc) is 2.77. The number of amides is 1. The summed E-state index contributed by atoms with van der Waals surface area (Å²) in [6.45, 7) is 7.91. The molecule has 0 aliphatic carbocycles. The molecule has 0 saturated carbocycles. The van der Waals surface area contributed by atoms with Gasteiger partial charge in [0.2, 0.25) is 0 Å². The van der Waals surface area contributed by atoms with Crippen LogP contribution < -0.4 is 4.90 Å². The summed E-state index contributed by atoms with van der Waals surface area (Å²) in [7, 11) is 0. The lowest BCUT2D eigenvalue weighted by Crippen LogP contribution is -2.51. The predicted octanol–water partition coefficient (Wildman–Crippen LogP) is 3.29. The zero-order chi connectivity index (χ0) is 22.8. The van der Waals surface area contributed by atoms with Gasteiger partial charge in [0.05, 0.1) is 11.1 Å². The van der Waals surface area contributed by atoms with Crippen molar-refractivity contribution >= 4 is 22.6 Å². The normalized spacial score (nSPS) is 15.0. The van der Waals surface area contributed by atoms with E-state index in [1.165, 1.54) is 0 Å². The number of para-hydroxylation sites is 1. The maximum atomic E-state index is 12.6. The van der Waals surface area contributed by atoms with Crippen molar-refractivity contribution in [2.24, 2.45) is 0 Å². The Morgan fingerprint density at radius 3 is 2.47 bits per heavy atom. The molecule has 1 saturated heterocycles. The molecule has 1 fully saturated rings. The van der Waals surface area contributed by atoms with Gasteiger partial charge in [0.15, 0.2) is 11.9 Å². The fourth-order valence-corrected chi connectivity index (χ4v) is 3.96. The minimum absolute atomic E-state index is 0.133. The molecule has 3 aromatic rings. The summed E-state index contributed by atoms with van der Waals surface area (Å²) in [6, 6.07) is 13.1. The molecular formula is C25H28N4O3. The molecule has 1 unspecified atom stereocenters. The van der Waals surface area contributed by atoms with Crippen molar-refractivity contribution in [1.82, 2.24) is 14.9 Å². The van der Waals surface area contributed by atoms with Crippen molar-refractivity contribution in [3.63, 3.8) is 0 Å². The topological polar surface area (TPSA) is 89.8 Å². The zero-order valence-corrected chi connectivity index (χ0v) is 18.6. The number of carbonyl (C=O) groups excluding carboxylic acids is 1. The second kappa shape index (κ2) is 8.96. The average molecular weight is 433 g/mol. The zero-order valence-electron chi connectivity index (χ0n) is 18.6. The summed E-state index contributed by atoms with van der Waals surface area (Å²) in [5.41, 5.74) is 3.39. The Balaban J connectivity index is 1.65. The van der Waals surface area contributed by atoms with Crippen molar-refractivity contribution in [3.05, 3.63) is 59.7 Å². The number of nitrogens with zero attached hydrogens (tertiary/aromatic N) is 4. The van der Waals surface area contributed by atoms with Gasteiger partial charge in [0.25, 0.3) is 5.91 Å². The Kier molecular flexibility index (Phi) is 6.10. The number of fused-ring (bicyclic) bond motifs is 1. The van der Waals surface area contributed by atoms with Crippen LogP contribution in [-0.2, 0) is 4.79 Å². The van der Waals surface area contributed by atoms with Crippen LogP contribution in [0.2, 0.25) is 0 Å². The lowest BCUT2D eigenvalue weighted by atomic mass is 10.1. The second-order valence-corrected chi connectivity index (χ2v) is 8.41. The van der Waals surface area contributed by atoms with Gasteiger partial charge in [-0.05, 0) is 56.7 Å². The fraction of sp³-hybridized carbons (Fsp3) is 0.320. The first-order valence-corrected chi connectivity index (χ1v) is 10.8. The van der Waals surface area contributed by atoms with Crippen LogP contribution in [-0.4, -0.2) is 63.3 Å². The Labute approximate surface area is 187 Å². The first-order valence-electron chi connectivity index (χ1n) is 10.8. The number of aliphatic hydroxyl groups excluding tert-OH is 1. The number of aromatic nitrogens is 2. The van der Waals surface area contributed by atoms with E-state index in [0.717, 1.165) is 27.9 Å². The van der Waals surface area contributed by atoms with Crippen LogP contribution in [0.1, 0.15) is 19.4 Å². The molecule has 1 atom stereocenters. The number of phenols is 1. The summed E-state index contributed by atoms with van der Waals surface area (Å²) in [5.74, 6) is 1.11. The molecule has 0 bridgehead atoms. The molecule has 1 aliphatic rings. The Morgan fingerprint density at radius 1 is 1.06 bits per heavy atom. The Morgan fingerprint density at radius 2 is 1.78 bits per heavy atom. The molecule has 32 heavy (non-hydrogen) atoms. The van der Waals surface area contributed by atoms with Crippen LogP contribution in [0.15, 0.2) is 54.1 Å². The number of allylic oxidation sites excluding steroid dienone is 1. The van der Waals surface area contributed by atoms with Crippen LogP contribution in [0, 0.1) is 6.92 Å². The highest BCUT2D eigenvalue weighted by Crippen LogP contribution is 2.32. The minimum atomic E-state index is -1.11. The van der Waals surface area contributed by atoms with E-state index >= 15 is 0 Å². The molecular weight excluding hydrogens is 404 g/mol. The number of piperazine rings is 1. The van der Waals surface area contributed by atoms with Crippen LogP contribution in [0.25, 0.3) is 22.3 Å². The number of hydrogen-bond donors (Lipinski definition) is 2. The van der Waals surface area contributed by atoms with Crippen molar-refractivity contribution in [2.75, 3.05) is 31.1 Å². The minimum Gasteiger partial charge on any atom is -0.507 e. The van der Waals surface area contributed by atoms with Gasteiger partial charge < -0.3 is 20.0 Å². The molecule has 0 radical (unpaired) electrons.